The van der Waals surface area contributed by atoms with Crippen molar-refractivity contribution in [1.29, 1.82) is 0 Å². The molecule has 1 fully saturated rings. The molecule has 0 N–H and O–H groups in total. The molecule has 2 atom stereocenters. The van der Waals surface area contributed by atoms with E-state index >= 15 is 0 Å². The highest BCUT2D eigenvalue weighted by Crippen LogP contribution is 2.14. The molecule has 16 heavy (non-hydrogen) atoms. The second-order valence-electron chi connectivity index (χ2n) is 4.30. The van der Waals surface area contributed by atoms with E-state index in [-0.39, 0.29) is 18.1 Å². The van der Waals surface area contributed by atoms with Gasteiger partial charge in [-0.05, 0) is 20.8 Å². The number of hydrogen-bond acceptors (Lipinski definition) is 4. The molecule has 2 unspecified atom stereocenters. The first-order chi connectivity index (χ1) is 7.56. The molecule has 2 heterocycles. The molecule has 2 rings (SSSR count). The number of amides is 1. The van der Waals surface area contributed by atoms with Crippen LogP contribution in [0.4, 0.5) is 0 Å². The van der Waals surface area contributed by atoms with Crippen molar-refractivity contribution in [2.75, 3.05) is 13.1 Å². The van der Waals surface area contributed by atoms with Crippen molar-refractivity contribution in [1.82, 2.24) is 10.1 Å². The minimum Gasteiger partial charge on any atom is -0.372 e. The van der Waals surface area contributed by atoms with Gasteiger partial charge >= 0.3 is 0 Å². The number of hydrogen-bond donors (Lipinski definition) is 0. The highest BCUT2D eigenvalue weighted by molar-refractivity contribution is 5.91. The van der Waals surface area contributed by atoms with E-state index in [1.54, 1.807) is 17.9 Å². The van der Waals surface area contributed by atoms with Gasteiger partial charge in [0.15, 0.2) is 0 Å². The van der Waals surface area contributed by atoms with Crippen LogP contribution in [0.15, 0.2) is 10.6 Å². The fraction of sp³-hybridized carbons (Fsp3) is 0.636. The predicted molar refractivity (Wildman–Crippen MR) is 57.2 cm³/mol. The summed E-state index contributed by atoms with van der Waals surface area (Å²) in [5, 5.41) is 3.72. The summed E-state index contributed by atoms with van der Waals surface area (Å²) in [7, 11) is 0. The van der Waals surface area contributed by atoms with Crippen LogP contribution in [0, 0.1) is 6.92 Å². The summed E-state index contributed by atoms with van der Waals surface area (Å²) in [4.78, 5) is 13.8. The van der Waals surface area contributed by atoms with Gasteiger partial charge in [-0.2, -0.15) is 0 Å². The first-order valence-electron chi connectivity index (χ1n) is 5.44. The molecule has 0 radical (unpaired) electrons. The van der Waals surface area contributed by atoms with E-state index < -0.39 is 0 Å². The maximum atomic E-state index is 12.0. The molecule has 0 aliphatic carbocycles. The molecule has 1 amide bonds. The highest BCUT2D eigenvalue weighted by atomic mass is 16.5. The summed E-state index contributed by atoms with van der Waals surface area (Å²) >= 11 is 0. The smallest absolute Gasteiger partial charge is 0.292 e. The SMILES string of the molecule is Cc1cc(C(=O)N2CC(C)OC(C)C2)on1. The second-order valence-corrected chi connectivity index (χ2v) is 4.30. The van der Waals surface area contributed by atoms with Gasteiger partial charge in [0.25, 0.3) is 5.91 Å². The third-order valence-corrected chi connectivity index (χ3v) is 2.55. The lowest BCUT2D eigenvalue weighted by Gasteiger charge is -2.34. The largest absolute Gasteiger partial charge is 0.372 e. The van der Waals surface area contributed by atoms with Crippen molar-refractivity contribution in [3.05, 3.63) is 17.5 Å². The molecule has 1 aliphatic rings. The molecule has 0 bridgehead atoms. The second kappa shape index (κ2) is 4.25. The van der Waals surface area contributed by atoms with Crippen molar-refractivity contribution in [2.24, 2.45) is 0 Å². The Bertz CT molecular complexity index is 378. The van der Waals surface area contributed by atoms with Gasteiger partial charge in [0.2, 0.25) is 5.76 Å². The average molecular weight is 224 g/mol. The fourth-order valence-corrected chi connectivity index (χ4v) is 1.96. The van der Waals surface area contributed by atoms with Gasteiger partial charge in [0, 0.05) is 19.2 Å². The lowest BCUT2D eigenvalue weighted by molar-refractivity contribution is -0.0593. The Morgan fingerprint density at radius 2 is 2.06 bits per heavy atom. The summed E-state index contributed by atoms with van der Waals surface area (Å²) in [5.74, 6) is 0.196. The molecule has 1 aromatic heterocycles. The van der Waals surface area contributed by atoms with Crippen LogP contribution >= 0.6 is 0 Å². The van der Waals surface area contributed by atoms with Crippen LogP contribution in [0.5, 0.6) is 0 Å². The van der Waals surface area contributed by atoms with Gasteiger partial charge in [-0.1, -0.05) is 5.16 Å². The van der Waals surface area contributed by atoms with E-state index in [9.17, 15) is 4.79 Å². The van der Waals surface area contributed by atoms with Gasteiger partial charge in [-0.25, -0.2) is 0 Å². The molecule has 88 valence electrons. The van der Waals surface area contributed by atoms with E-state index in [0.717, 1.165) is 5.69 Å². The van der Waals surface area contributed by atoms with E-state index in [2.05, 4.69) is 5.16 Å². The normalized spacial score (nSPS) is 25.8. The molecule has 0 aromatic carbocycles. The fourth-order valence-electron chi connectivity index (χ4n) is 1.96. The monoisotopic (exact) mass is 224 g/mol. The highest BCUT2D eigenvalue weighted by Gasteiger charge is 2.28. The summed E-state index contributed by atoms with van der Waals surface area (Å²) < 4.78 is 10.5. The zero-order valence-electron chi connectivity index (χ0n) is 9.77. The summed E-state index contributed by atoms with van der Waals surface area (Å²) in [6, 6.07) is 1.66. The van der Waals surface area contributed by atoms with Gasteiger partial charge in [0.05, 0.1) is 17.9 Å². The standard InChI is InChI=1S/C11H16N2O3/c1-7-4-10(16-12-7)11(14)13-5-8(2)15-9(3)6-13/h4,8-9H,5-6H2,1-3H3. The van der Waals surface area contributed by atoms with Crippen molar-refractivity contribution in [3.8, 4) is 0 Å². The third-order valence-electron chi connectivity index (χ3n) is 2.55. The molecule has 1 saturated heterocycles. The Labute approximate surface area is 94.3 Å². The van der Waals surface area contributed by atoms with Crippen molar-refractivity contribution in [3.63, 3.8) is 0 Å². The number of nitrogens with zero attached hydrogens (tertiary/aromatic N) is 2. The maximum absolute atomic E-state index is 12.0. The van der Waals surface area contributed by atoms with Crippen LogP contribution < -0.4 is 0 Å². The van der Waals surface area contributed by atoms with Crippen molar-refractivity contribution < 1.29 is 14.1 Å². The zero-order chi connectivity index (χ0) is 11.7. The minimum atomic E-state index is -0.109. The van der Waals surface area contributed by atoms with Crippen LogP contribution in [0.25, 0.3) is 0 Å². The topological polar surface area (TPSA) is 55.6 Å². The number of ether oxygens (including phenoxy) is 1. The lowest BCUT2D eigenvalue weighted by Crippen LogP contribution is -2.48. The van der Waals surface area contributed by atoms with E-state index in [4.69, 9.17) is 9.26 Å². The van der Waals surface area contributed by atoms with Gasteiger partial charge in [-0.3, -0.25) is 4.79 Å². The van der Waals surface area contributed by atoms with Crippen LogP contribution in [0.1, 0.15) is 30.1 Å². The molecule has 1 aliphatic heterocycles. The lowest BCUT2D eigenvalue weighted by atomic mass is 10.2. The average Bonchev–Trinajstić information content (AvgIpc) is 2.62. The number of rotatable bonds is 1. The number of morpholine rings is 1. The molecule has 5 nitrogen and oxygen atoms in total. The van der Waals surface area contributed by atoms with E-state index in [0.29, 0.717) is 18.8 Å². The zero-order valence-corrected chi connectivity index (χ0v) is 9.77. The first kappa shape index (κ1) is 11.1. The maximum Gasteiger partial charge on any atom is 0.292 e. The third kappa shape index (κ3) is 2.24. The van der Waals surface area contributed by atoms with Crippen LogP contribution in [-0.4, -0.2) is 41.3 Å². The Morgan fingerprint density at radius 3 is 2.56 bits per heavy atom. The van der Waals surface area contributed by atoms with Crippen molar-refractivity contribution >= 4 is 5.91 Å². The summed E-state index contributed by atoms with van der Waals surface area (Å²) in [6.07, 6.45) is 0.133. The molecular weight excluding hydrogens is 208 g/mol. The first-order valence-corrected chi connectivity index (χ1v) is 5.44. The van der Waals surface area contributed by atoms with E-state index in [1.807, 2.05) is 13.8 Å². The Morgan fingerprint density at radius 1 is 1.44 bits per heavy atom. The Hall–Kier alpha value is -1.36. The molecule has 5 heteroatoms. The quantitative estimate of drug-likeness (QED) is 0.720. The Kier molecular flexibility index (Phi) is 2.96. The van der Waals surface area contributed by atoms with E-state index in [1.165, 1.54) is 0 Å². The number of carbonyl (C=O) groups excluding carboxylic acids is 1. The van der Waals surface area contributed by atoms with Crippen LogP contribution in [0.2, 0.25) is 0 Å². The van der Waals surface area contributed by atoms with Gasteiger partial charge < -0.3 is 14.2 Å². The predicted octanol–water partition coefficient (Wildman–Crippen LogP) is 1.23. The summed E-state index contributed by atoms with van der Waals surface area (Å²) in [5.41, 5.74) is 0.720. The number of carbonyl (C=O) groups is 1. The van der Waals surface area contributed by atoms with Gasteiger partial charge in [0.1, 0.15) is 0 Å². The Balaban J connectivity index is 2.09. The number of aromatic nitrogens is 1. The van der Waals surface area contributed by atoms with Crippen molar-refractivity contribution in [2.45, 2.75) is 33.0 Å². The number of aryl methyl sites for hydroxylation is 1. The van der Waals surface area contributed by atoms with Crippen LogP contribution in [-0.2, 0) is 4.74 Å². The minimum absolute atomic E-state index is 0.0664. The molecule has 0 spiro atoms. The van der Waals surface area contributed by atoms with Gasteiger partial charge in [-0.15, -0.1) is 0 Å². The molecular formula is C11H16N2O3. The molecule has 1 aromatic rings. The molecule has 0 saturated carbocycles. The summed E-state index contributed by atoms with van der Waals surface area (Å²) in [6.45, 7) is 6.92. The van der Waals surface area contributed by atoms with Crippen LogP contribution in [0.3, 0.4) is 0 Å².